The Morgan fingerprint density at radius 3 is 2.79 bits per heavy atom. The highest BCUT2D eigenvalue weighted by Gasteiger charge is 2.22. The van der Waals surface area contributed by atoms with E-state index in [0.29, 0.717) is 6.54 Å². The van der Waals surface area contributed by atoms with E-state index in [1.54, 1.807) is 12.3 Å². The molecule has 2 rings (SSSR count). The number of nitrogens with one attached hydrogen (secondary N) is 1. The number of nitrogens with zero attached hydrogens (tertiary/aromatic N) is 2. The zero-order valence-corrected chi connectivity index (χ0v) is 14.2. The summed E-state index contributed by atoms with van der Waals surface area (Å²) in [6.07, 6.45) is 3.70. The molecule has 0 saturated heterocycles. The molecule has 24 heavy (non-hydrogen) atoms. The van der Waals surface area contributed by atoms with Crippen molar-refractivity contribution < 1.29 is 9.18 Å². The molecular weight excluding hydrogens is 305 g/mol. The minimum Gasteiger partial charge on any atom is -0.355 e. The number of hydrogen-bond donors (Lipinski definition) is 1. The molecule has 0 saturated carbocycles. The van der Waals surface area contributed by atoms with E-state index < -0.39 is 0 Å². The van der Waals surface area contributed by atoms with Crippen LogP contribution in [0.25, 0.3) is 0 Å². The van der Waals surface area contributed by atoms with E-state index in [0.717, 1.165) is 24.1 Å². The molecule has 4 nitrogen and oxygen atoms in total. The highest BCUT2D eigenvalue weighted by molar-refractivity contribution is 5.78. The van der Waals surface area contributed by atoms with Crippen LogP contribution in [-0.4, -0.2) is 35.9 Å². The molecule has 0 aliphatic carbocycles. The van der Waals surface area contributed by atoms with Crippen molar-refractivity contribution in [2.75, 3.05) is 20.1 Å². The molecule has 0 spiro atoms. The Kier molecular flexibility index (Phi) is 6.88. The SMILES string of the molecule is CCCCNC(=O)CN(C)[C@H](c1cccc(F)c1)c1ccccn1. The van der Waals surface area contributed by atoms with Gasteiger partial charge in [0, 0.05) is 12.7 Å². The van der Waals surface area contributed by atoms with Crippen LogP contribution >= 0.6 is 0 Å². The van der Waals surface area contributed by atoms with Crippen LogP contribution in [0.15, 0.2) is 48.7 Å². The lowest BCUT2D eigenvalue weighted by Crippen LogP contribution is -2.38. The van der Waals surface area contributed by atoms with E-state index >= 15 is 0 Å². The van der Waals surface area contributed by atoms with E-state index in [9.17, 15) is 9.18 Å². The number of carbonyl (C=O) groups is 1. The van der Waals surface area contributed by atoms with Gasteiger partial charge in [0.15, 0.2) is 0 Å². The van der Waals surface area contributed by atoms with Gasteiger partial charge in [-0.05, 0) is 43.3 Å². The quantitative estimate of drug-likeness (QED) is 0.757. The maximum absolute atomic E-state index is 13.7. The van der Waals surface area contributed by atoms with Crippen LogP contribution in [0.5, 0.6) is 0 Å². The summed E-state index contributed by atoms with van der Waals surface area (Å²) in [4.78, 5) is 18.4. The molecule has 1 amide bonds. The standard InChI is InChI=1S/C19H24FN3O/c1-3-4-11-22-18(24)14-23(2)19(17-10-5-6-12-21-17)15-8-7-9-16(20)13-15/h5-10,12-13,19H,3-4,11,14H2,1-2H3,(H,22,24)/t19-/m1/s1. The van der Waals surface area contributed by atoms with Crippen LogP contribution in [0.4, 0.5) is 4.39 Å². The van der Waals surface area contributed by atoms with Crippen LogP contribution < -0.4 is 5.32 Å². The van der Waals surface area contributed by atoms with Crippen molar-refractivity contribution in [1.82, 2.24) is 15.2 Å². The number of likely N-dealkylation sites (N-methyl/N-ethyl adjacent to an activating group) is 1. The minimum atomic E-state index is -0.297. The van der Waals surface area contributed by atoms with Crippen molar-refractivity contribution >= 4 is 5.91 Å². The van der Waals surface area contributed by atoms with Gasteiger partial charge in [0.05, 0.1) is 18.3 Å². The molecule has 1 aromatic carbocycles. The molecule has 0 aliphatic rings. The lowest BCUT2D eigenvalue weighted by atomic mass is 10.0. The highest BCUT2D eigenvalue weighted by Crippen LogP contribution is 2.26. The fraction of sp³-hybridized carbons (Fsp3) is 0.368. The summed E-state index contributed by atoms with van der Waals surface area (Å²) in [5, 5.41) is 2.91. The summed E-state index contributed by atoms with van der Waals surface area (Å²) >= 11 is 0. The smallest absolute Gasteiger partial charge is 0.234 e. The lowest BCUT2D eigenvalue weighted by Gasteiger charge is -2.27. The van der Waals surface area contributed by atoms with Gasteiger partial charge in [-0.25, -0.2) is 4.39 Å². The zero-order valence-electron chi connectivity index (χ0n) is 14.2. The third-order valence-electron chi connectivity index (χ3n) is 3.82. The summed E-state index contributed by atoms with van der Waals surface area (Å²) in [6.45, 7) is 2.98. The average molecular weight is 329 g/mol. The van der Waals surface area contributed by atoms with Crippen LogP contribution in [0.1, 0.15) is 37.1 Å². The van der Waals surface area contributed by atoms with Crippen molar-refractivity contribution in [3.63, 3.8) is 0 Å². The molecule has 1 heterocycles. The molecular formula is C19H24FN3O. The maximum Gasteiger partial charge on any atom is 0.234 e. The van der Waals surface area contributed by atoms with Crippen LogP contribution in [-0.2, 0) is 4.79 Å². The summed E-state index contributed by atoms with van der Waals surface area (Å²) < 4.78 is 13.7. The Bertz CT molecular complexity index is 648. The van der Waals surface area contributed by atoms with Crippen molar-refractivity contribution in [2.24, 2.45) is 0 Å². The van der Waals surface area contributed by atoms with Gasteiger partial charge < -0.3 is 5.32 Å². The second-order valence-electron chi connectivity index (χ2n) is 5.83. The largest absolute Gasteiger partial charge is 0.355 e. The van der Waals surface area contributed by atoms with Gasteiger partial charge in [0.25, 0.3) is 0 Å². The first-order chi connectivity index (χ1) is 11.6. The molecule has 0 fully saturated rings. The molecule has 0 unspecified atom stereocenters. The minimum absolute atomic E-state index is 0.0386. The van der Waals surface area contributed by atoms with Gasteiger partial charge >= 0.3 is 0 Å². The van der Waals surface area contributed by atoms with E-state index in [4.69, 9.17) is 0 Å². The summed E-state index contributed by atoms with van der Waals surface area (Å²) in [6, 6.07) is 11.8. The fourth-order valence-corrected chi connectivity index (χ4v) is 2.64. The van der Waals surface area contributed by atoms with Crippen LogP contribution in [0, 0.1) is 5.82 Å². The van der Waals surface area contributed by atoms with Crippen molar-refractivity contribution in [1.29, 1.82) is 0 Å². The second-order valence-corrected chi connectivity index (χ2v) is 5.83. The normalized spacial score (nSPS) is 12.2. The number of pyridine rings is 1. The van der Waals surface area contributed by atoms with Crippen LogP contribution in [0.2, 0.25) is 0 Å². The number of benzene rings is 1. The molecule has 1 N–H and O–H groups in total. The molecule has 0 radical (unpaired) electrons. The predicted molar refractivity (Wildman–Crippen MR) is 93.0 cm³/mol. The van der Waals surface area contributed by atoms with Gasteiger partial charge in [-0.3, -0.25) is 14.7 Å². The first-order valence-electron chi connectivity index (χ1n) is 8.25. The van der Waals surface area contributed by atoms with Gasteiger partial charge in [-0.1, -0.05) is 31.5 Å². The van der Waals surface area contributed by atoms with Gasteiger partial charge in [-0.15, -0.1) is 0 Å². The molecule has 0 bridgehead atoms. The average Bonchev–Trinajstić information content (AvgIpc) is 2.56. The number of rotatable bonds is 8. The molecule has 2 aromatic rings. The number of unbranched alkanes of at least 4 members (excludes halogenated alkanes) is 1. The maximum atomic E-state index is 13.7. The Morgan fingerprint density at radius 1 is 1.29 bits per heavy atom. The fourth-order valence-electron chi connectivity index (χ4n) is 2.64. The predicted octanol–water partition coefficient (Wildman–Crippen LogP) is 3.16. The molecule has 1 aromatic heterocycles. The third kappa shape index (κ3) is 5.13. The summed E-state index contributed by atoms with van der Waals surface area (Å²) in [5.41, 5.74) is 1.56. The molecule has 0 aliphatic heterocycles. The van der Waals surface area contributed by atoms with E-state index in [1.807, 2.05) is 36.2 Å². The topological polar surface area (TPSA) is 45.2 Å². The zero-order chi connectivity index (χ0) is 17.4. The van der Waals surface area contributed by atoms with Gasteiger partial charge in [0.1, 0.15) is 5.82 Å². The Hall–Kier alpha value is -2.27. The van der Waals surface area contributed by atoms with E-state index in [2.05, 4.69) is 17.2 Å². The number of carbonyl (C=O) groups excluding carboxylic acids is 1. The lowest BCUT2D eigenvalue weighted by molar-refractivity contribution is -0.122. The molecule has 1 atom stereocenters. The molecule has 5 heteroatoms. The van der Waals surface area contributed by atoms with E-state index in [1.165, 1.54) is 12.1 Å². The van der Waals surface area contributed by atoms with Crippen LogP contribution in [0.3, 0.4) is 0 Å². The monoisotopic (exact) mass is 329 g/mol. The number of hydrogen-bond acceptors (Lipinski definition) is 3. The second kappa shape index (κ2) is 9.13. The molecule has 128 valence electrons. The van der Waals surface area contributed by atoms with E-state index in [-0.39, 0.29) is 24.3 Å². The van der Waals surface area contributed by atoms with Gasteiger partial charge in [0.2, 0.25) is 5.91 Å². The Balaban J connectivity index is 2.18. The summed E-state index contributed by atoms with van der Waals surface area (Å²) in [7, 11) is 1.85. The number of amides is 1. The van der Waals surface area contributed by atoms with Crippen molar-refractivity contribution in [3.05, 3.63) is 65.7 Å². The highest BCUT2D eigenvalue weighted by atomic mass is 19.1. The van der Waals surface area contributed by atoms with Crippen molar-refractivity contribution in [3.8, 4) is 0 Å². The first kappa shape index (κ1) is 18.1. The summed E-state index contributed by atoms with van der Waals surface area (Å²) in [5.74, 6) is -0.336. The number of aromatic nitrogens is 1. The van der Waals surface area contributed by atoms with Gasteiger partial charge in [-0.2, -0.15) is 0 Å². The number of halogens is 1. The Labute approximate surface area is 142 Å². The third-order valence-corrected chi connectivity index (χ3v) is 3.82. The van der Waals surface area contributed by atoms with Crippen molar-refractivity contribution in [2.45, 2.75) is 25.8 Å². The first-order valence-corrected chi connectivity index (χ1v) is 8.25. The Morgan fingerprint density at radius 2 is 2.12 bits per heavy atom.